The molecule has 0 aromatic rings. The van der Waals surface area contributed by atoms with Gasteiger partial charge in [-0.05, 0) is 12.8 Å². The summed E-state index contributed by atoms with van der Waals surface area (Å²) in [5.41, 5.74) is 0. The van der Waals surface area contributed by atoms with E-state index in [1.807, 2.05) is 18.2 Å². The van der Waals surface area contributed by atoms with Crippen molar-refractivity contribution in [1.29, 1.82) is 0 Å². The molecule has 0 bridgehead atoms. The Balaban J connectivity index is 3.05. The smallest absolute Gasteiger partial charge is 0.0348 e. The van der Waals surface area contributed by atoms with Crippen LogP contribution in [-0.4, -0.2) is 0 Å². The molecule has 0 saturated heterocycles. The van der Waals surface area contributed by atoms with Crippen molar-refractivity contribution in [3.8, 4) is 0 Å². The van der Waals surface area contributed by atoms with E-state index in [0.717, 1.165) is 0 Å². The second kappa shape index (κ2) is 16.2. The van der Waals surface area contributed by atoms with E-state index in [9.17, 15) is 0 Å². The van der Waals surface area contributed by atoms with Gasteiger partial charge in [0.05, 0.1) is 0 Å². The predicted molar refractivity (Wildman–Crippen MR) is 84.9 cm³/mol. The van der Waals surface area contributed by atoms with E-state index < -0.39 is 0 Å². The summed E-state index contributed by atoms with van der Waals surface area (Å²) in [6, 6.07) is 0. The first-order chi connectivity index (χ1) is 8.91. The molecular formula is C18H32. The van der Waals surface area contributed by atoms with Crippen LogP contribution in [0.5, 0.6) is 0 Å². The van der Waals surface area contributed by atoms with Gasteiger partial charge in [-0.2, -0.15) is 0 Å². The highest BCUT2D eigenvalue weighted by Crippen LogP contribution is 2.11. The maximum atomic E-state index is 3.64. The molecule has 0 nitrogen and oxygen atoms in total. The summed E-state index contributed by atoms with van der Waals surface area (Å²) in [6.45, 7) is 5.92. The highest BCUT2D eigenvalue weighted by molar-refractivity contribution is 5.08. The van der Waals surface area contributed by atoms with Crippen molar-refractivity contribution in [3.05, 3.63) is 37.0 Å². The van der Waals surface area contributed by atoms with Gasteiger partial charge in [-0.25, -0.2) is 0 Å². The van der Waals surface area contributed by atoms with Gasteiger partial charge in [0.1, 0.15) is 0 Å². The van der Waals surface area contributed by atoms with Gasteiger partial charge in [0.2, 0.25) is 0 Å². The topological polar surface area (TPSA) is 0 Å². The van der Waals surface area contributed by atoms with Gasteiger partial charge >= 0.3 is 0 Å². The Morgan fingerprint density at radius 1 is 0.667 bits per heavy atom. The van der Waals surface area contributed by atoms with Crippen molar-refractivity contribution in [2.75, 3.05) is 0 Å². The zero-order valence-electron chi connectivity index (χ0n) is 12.4. The van der Waals surface area contributed by atoms with Gasteiger partial charge in [0.15, 0.2) is 0 Å². The van der Waals surface area contributed by atoms with Crippen molar-refractivity contribution in [3.63, 3.8) is 0 Å². The minimum atomic E-state index is 1.22. The molecule has 0 heteroatoms. The molecule has 0 unspecified atom stereocenters. The molecule has 0 fully saturated rings. The first kappa shape index (κ1) is 17.2. The number of allylic oxidation sites excluding steroid dienone is 5. The Hall–Kier alpha value is -0.780. The van der Waals surface area contributed by atoms with Crippen LogP contribution < -0.4 is 0 Å². The van der Waals surface area contributed by atoms with Crippen LogP contribution in [0.25, 0.3) is 0 Å². The zero-order chi connectivity index (χ0) is 13.3. The maximum absolute atomic E-state index is 3.64. The van der Waals surface area contributed by atoms with Crippen molar-refractivity contribution >= 4 is 0 Å². The fraction of sp³-hybridized carbons (Fsp3) is 0.667. The first-order valence-corrected chi connectivity index (χ1v) is 7.86. The molecule has 0 radical (unpaired) electrons. The predicted octanol–water partition coefficient (Wildman–Crippen LogP) is 6.60. The molecule has 0 saturated carbocycles. The van der Waals surface area contributed by atoms with E-state index in [4.69, 9.17) is 0 Å². The second-order valence-corrected chi connectivity index (χ2v) is 5.02. The molecule has 0 amide bonds. The third-order valence-corrected chi connectivity index (χ3v) is 3.22. The van der Waals surface area contributed by atoms with Gasteiger partial charge in [0, 0.05) is 0 Å². The van der Waals surface area contributed by atoms with E-state index >= 15 is 0 Å². The van der Waals surface area contributed by atoms with Crippen molar-refractivity contribution < 1.29 is 0 Å². The average molecular weight is 248 g/mol. The Kier molecular flexibility index (Phi) is 15.5. The van der Waals surface area contributed by atoms with Crippen LogP contribution in [0.3, 0.4) is 0 Å². The molecule has 0 aromatic carbocycles. The molecular weight excluding hydrogens is 216 g/mol. The Morgan fingerprint density at radius 2 is 1.22 bits per heavy atom. The van der Waals surface area contributed by atoms with E-state index in [0.29, 0.717) is 0 Å². The van der Waals surface area contributed by atoms with Gasteiger partial charge in [0.25, 0.3) is 0 Å². The lowest BCUT2D eigenvalue weighted by atomic mass is 10.1. The van der Waals surface area contributed by atoms with E-state index in [1.54, 1.807) is 0 Å². The fourth-order valence-corrected chi connectivity index (χ4v) is 2.07. The average Bonchev–Trinajstić information content (AvgIpc) is 2.39. The zero-order valence-corrected chi connectivity index (χ0v) is 12.4. The number of hydrogen-bond donors (Lipinski definition) is 0. The molecule has 0 spiro atoms. The summed E-state index contributed by atoms with van der Waals surface area (Å²) in [5.74, 6) is 0. The SMILES string of the molecule is C=C/C=C\C=CCCCCCCCCCCCC. The molecule has 0 aliphatic rings. The molecule has 104 valence electrons. The van der Waals surface area contributed by atoms with Crippen molar-refractivity contribution in [2.24, 2.45) is 0 Å². The lowest BCUT2D eigenvalue weighted by Gasteiger charge is -2.01. The van der Waals surface area contributed by atoms with E-state index in [1.165, 1.54) is 70.6 Å². The maximum Gasteiger partial charge on any atom is -0.0348 e. The molecule has 0 rings (SSSR count). The van der Waals surface area contributed by atoms with Gasteiger partial charge < -0.3 is 0 Å². The number of hydrogen-bond acceptors (Lipinski definition) is 0. The fourth-order valence-electron chi connectivity index (χ4n) is 2.07. The summed E-state index contributed by atoms with van der Waals surface area (Å²) in [4.78, 5) is 0. The summed E-state index contributed by atoms with van der Waals surface area (Å²) in [6.07, 6.45) is 25.6. The van der Waals surface area contributed by atoms with Crippen LogP contribution >= 0.6 is 0 Å². The standard InChI is InChI=1S/C18H32/c1-3-5-7-9-11-13-15-17-18-16-14-12-10-8-6-4-2/h3,5,7,9,11H,1,4,6,8,10,12-18H2,2H3/b7-5-,11-9?. The summed E-state index contributed by atoms with van der Waals surface area (Å²) >= 11 is 0. The quantitative estimate of drug-likeness (QED) is 0.254. The van der Waals surface area contributed by atoms with Gasteiger partial charge in [-0.1, -0.05) is 102 Å². The molecule has 0 atom stereocenters. The Bertz CT molecular complexity index is 210. The van der Waals surface area contributed by atoms with Gasteiger partial charge in [-0.15, -0.1) is 0 Å². The minimum Gasteiger partial charge on any atom is -0.0991 e. The van der Waals surface area contributed by atoms with Crippen LogP contribution in [0, 0.1) is 0 Å². The highest BCUT2D eigenvalue weighted by Gasteiger charge is 1.91. The molecule has 0 aromatic heterocycles. The highest BCUT2D eigenvalue weighted by atomic mass is 14.0. The summed E-state index contributed by atoms with van der Waals surface area (Å²) in [7, 11) is 0. The lowest BCUT2D eigenvalue weighted by molar-refractivity contribution is 0.557. The summed E-state index contributed by atoms with van der Waals surface area (Å²) in [5, 5.41) is 0. The molecule has 0 N–H and O–H groups in total. The Labute approximate surface area is 115 Å². The van der Waals surface area contributed by atoms with Crippen LogP contribution in [-0.2, 0) is 0 Å². The molecule has 18 heavy (non-hydrogen) atoms. The lowest BCUT2D eigenvalue weighted by Crippen LogP contribution is -1.81. The van der Waals surface area contributed by atoms with Crippen molar-refractivity contribution in [1.82, 2.24) is 0 Å². The largest absolute Gasteiger partial charge is 0.0991 e. The van der Waals surface area contributed by atoms with E-state index in [2.05, 4.69) is 25.7 Å². The van der Waals surface area contributed by atoms with Crippen LogP contribution in [0.1, 0.15) is 77.6 Å². The molecule has 0 heterocycles. The third kappa shape index (κ3) is 15.2. The molecule has 0 aliphatic heterocycles. The Morgan fingerprint density at radius 3 is 1.78 bits per heavy atom. The monoisotopic (exact) mass is 248 g/mol. The number of unbranched alkanes of at least 4 members (excludes halogenated alkanes) is 10. The van der Waals surface area contributed by atoms with Crippen LogP contribution in [0.2, 0.25) is 0 Å². The normalized spacial score (nSPS) is 11.6. The third-order valence-electron chi connectivity index (χ3n) is 3.22. The minimum absolute atomic E-state index is 1.22. The molecule has 0 aliphatic carbocycles. The van der Waals surface area contributed by atoms with Crippen molar-refractivity contribution in [2.45, 2.75) is 77.6 Å². The van der Waals surface area contributed by atoms with Crippen LogP contribution in [0.4, 0.5) is 0 Å². The van der Waals surface area contributed by atoms with Gasteiger partial charge in [-0.3, -0.25) is 0 Å². The summed E-state index contributed by atoms with van der Waals surface area (Å²) < 4.78 is 0. The second-order valence-electron chi connectivity index (χ2n) is 5.02. The number of rotatable bonds is 13. The van der Waals surface area contributed by atoms with Crippen LogP contribution in [0.15, 0.2) is 37.0 Å². The van der Waals surface area contributed by atoms with E-state index in [-0.39, 0.29) is 0 Å². The first-order valence-electron chi connectivity index (χ1n) is 7.86.